The van der Waals surface area contributed by atoms with Gasteiger partial charge >= 0.3 is 0 Å². The van der Waals surface area contributed by atoms with Gasteiger partial charge in [-0.05, 0) is 25.5 Å². The number of carbonyl (C=O) groups is 1. The van der Waals surface area contributed by atoms with Crippen LogP contribution in [-0.2, 0) is 4.79 Å². The van der Waals surface area contributed by atoms with E-state index in [4.69, 9.17) is 0 Å². The minimum Gasteiger partial charge on any atom is -0.342 e. The zero-order valence-electron chi connectivity index (χ0n) is 12.1. The number of benzene rings is 1. The number of nitrogens with one attached hydrogen (secondary N) is 2. The molecule has 0 saturated heterocycles. The van der Waals surface area contributed by atoms with Crippen molar-refractivity contribution in [3.05, 3.63) is 42.2 Å². The Kier molecular flexibility index (Phi) is 4.56. The van der Waals surface area contributed by atoms with Crippen LogP contribution in [0, 0.1) is 0 Å². The molecule has 0 spiro atoms. The van der Waals surface area contributed by atoms with E-state index >= 15 is 0 Å². The number of rotatable bonds is 6. The molecule has 4 heteroatoms. The summed E-state index contributed by atoms with van der Waals surface area (Å²) in [5.41, 5.74) is 2.43. The lowest BCUT2D eigenvalue weighted by Crippen LogP contribution is -2.29. The van der Waals surface area contributed by atoms with Crippen molar-refractivity contribution in [1.29, 1.82) is 0 Å². The van der Waals surface area contributed by atoms with Crippen molar-refractivity contribution in [3.63, 3.8) is 0 Å². The third kappa shape index (κ3) is 3.26. The number of aromatic amines is 1. The molecule has 0 saturated carbocycles. The topological polar surface area (TPSA) is 57.8 Å². The van der Waals surface area contributed by atoms with Gasteiger partial charge < -0.3 is 10.3 Å². The molecule has 1 atom stereocenters. The van der Waals surface area contributed by atoms with Crippen molar-refractivity contribution in [2.75, 3.05) is 0 Å². The second-order valence-electron chi connectivity index (χ2n) is 5.09. The van der Waals surface area contributed by atoms with E-state index in [1.165, 1.54) is 0 Å². The summed E-state index contributed by atoms with van der Waals surface area (Å²) in [6.07, 6.45) is 2.99. The molecule has 0 aliphatic heterocycles. The lowest BCUT2D eigenvalue weighted by Gasteiger charge is -2.16. The monoisotopic (exact) mass is 271 g/mol. The molecule has 0 aliphatic rings. The van der Waals surface area contributed by atoms with E-state index < -0.39 is 0 Å². The van der Waals surface area contributed by atoms with E-state index in [2.05, 4.69) is 28.8 Å². The van der Waals surface area contributed by atoms with Crippen molar-refractivity contribution in [2.45, 2.75) is 39.2 Å². The number of imidazole rings is 1. The molecule has 4 nitrogen and oxygen atoms in total. The smallest absolute Gasteiger partial charge is 0.246 e. The number of fused-ring (bicyclic) bond motifs is 1. The van der Waals surface area contributed by atoms with Gasteiger partial charge in [0.05, 0.1) is 17.1 Å². The summed E-state index contributed by atoms with van der Waals surface area (Å²) in [7, 11) is 0. The van der Waals surface area contributed by atoms with Crippen LogP contribution in [0.1, 0.15) is 45.0 Å². The van der Waals surface area contributed by atoms with Gasteiger partial charge in [-0.25, -0.2) is 4.98 Å². The Morgan fingerprint density at radius 2 is 2.20 bits per heavy atom. The molecule has 1 aromatic heterocycles. The predicted molar refractivity (Wildman–Crippen MR) is 81.3 cm³/mol. The number of nitrogens with zero attached hydrogens (tertiary/aromatic N) is 1. The van der Waals surface area contributed by atoms with Gasteiger partial charge in [-0.3, -0.25) is 4.79 Å². The Bertz CT molecular complexity index is 582. The van der Waals surface area contributed by atoms with E-state index in [1.807, 2.05) is 24.3 Å². The first-order chi connectivity index (χ1) is 9.61. The highest BCUT2D eigenvalue weighted by molar-refractivity contribution is 5.92. The molecule has 2 aromatic rings. The lowest BCUT2D eigenvalue weighted by atomic mass is 10.1. The van der Waals surface area contributed by atoms with Crippen molar-refractivity contribution in [3.8, 4) is 0 Å². The zero-order chi connectivity index (χ0) is 14.5. The second kappa shape index (κ2) is 6.37. The molecular weight excluding hydrogens is 250 g/mol. The summed E-state index contributed by atoms with van der Waals surface area (Å²) < 4.78 is 0. The largest absolute Gasteiger partial charge is 0.342 e. The number of H-pyrrole nitrogens is 1. The number of amides is 1. The summed E-state index contributed by atoms with van der Waals surface area (Å²) in [5, 5.41) is 3.00. The fraction of sp³-hybridized carbons (Fsp3) is 0.375. The van der Waals surface area contributed by atoms with Crippen LogP contribution in [0.2, 0.25) is 0 Å². The average Bonchev–Trinajstić information content (AvgIpc) is 2.86. The Morgan fingerprint density at radius 3 is 2.85 bits per heavy atom. The molecule has 1 aromatic carbocycles. The van der Waals surface area contributed by atoms with Crippen molar-refractivity contribution < 1.29 is 4.79 Å². The van der Waals surface area contributed by atoms with Gasteiger partial charge in [-0.2, -0.15) is 0 Å². The zero-order valence-corrected chi connectivity index (χ0v) is 12.1. The number of carbonyl (C=O) groups excluding carboxylic acids is 1. The van der Waals surface area contributed by atoms with Crippen molar-refractivity contribution in [2.24, 2.45) is 0 Å². The van der Waals surface area contributed by atoms with Gasteiger partial charge in [0, 0.05) is 5.57 Å². The molecule has 0 radical (unpaired) electrons. The second-order valence-corrected chi connectivity index (χ2v) is 5.09. The van der Waals surface area contributed by atoms with Gasteiger partial charge in [0.25, 0.3) is 0 Å². The predicted octanol–water partition coefficient (Wildman–Crippen LogP) is 3.49. The highest BCUT2D eigenvalue weighted by Gasteiger charge is 2.18. The van der Waals surface area contributed by atoms with Crippen LogP contribution < -0.4 is 5.32 Å². The summed E-state index contributed by atoms with van der Waals surface area (Å²) in [6.45, 7) is 7.53. The molecule has 0 fully saturated rings. The molecule has 106 valence electrons. The van der Waals surface area contributed by atoms with E-state index in [0.29, 0.717) is 5.57 Å². The number of hydrogen-bond donors (Lipinski definition) is 2. The number of para-hydroxylation sites is 2. The first kappa shape index (κ1) is 14.3. The fourth-order valence-electron chi connectivity index (χ4n) is 2.10. The van der Waals surface area contributed by atoms with E-state index in [1.54, 1.807) is 6.92 Å². The molecule has 1 amide bonds. The fourth-order valence-corrected chi connectivity index (χ4v) is 2.10. The molecule has 0 aliphatic carbocycles. The number of aromatic nitrogens is 2. The van der Waals surface area contributed by atoms with Gasteiger partial charge in [-0.1, -0.05) is 38.5 Å². The first-order valence-corrected chi connectivity index (χ1v) is 7.02. The van der Waals surface area contributed by atoms with Crippen LogP contribution in [0.25, 0.3) is 11.0 Å². The van der Waals surface area contributed by atoms with Crippen LogP contribution in [0.5, 0.6) is 0 Å². The van der Waals surface area contributed by atoms with E-state index in [0.717, 1.165) is 36.1 Å². The van der Waals surface area contributed by atoms with E-state index in [9.17, 15) is 4.79 Å². The van der Waals surface area contributed by atoms with Gasteiger partial charge in [0.15, 0.2) is 0 Å². The van der Waals surface area contributed by atoms with Crippen LogP contribution in [0.3, 0.4) is 0 Å². The minimum absolute atomic E-state index is 0.0912. The van der Waals surface area contributed by atoms with Crippen molar-refractivity contribution >= 4 is 16.9 Å². The lowest BCUT2D eigenvalue weighted by molar-refractivity contribution is -0.118. The molecule has 20 heavy (non-hydrogen) atoms. The highest BCUT2D eigenvalue weighted by Crippen LogP contribution is 2.20. The third-order valence-corrected chi connectivity index (χ3v) is 3.28. The van der Waals surface area contributed by atoms with Gasteiger partial charge in [-0.15, -0.1) is 0 Å². The maximum Gasteiger partial charge on any atom is 0.246 e. The SMILES string of the molecule is C=C(C)C(=O)NC(CCCC)c1nc2ccccc2[nH]1. The van der Waals surface area contributed by atoms with Crippen LogP contribution in [0.4, 0.5) is 0 Å². The molecule has 0 bridgehead atoms. The quantitative estimate of drug-likeness (QED) is 0.790. The Labute approximate surface area is 119 Å². The van der Waals surface area contributed by atoms with Gasteiger partial charge in [0.2, 0.25) is 5.91 Å². The number of unbranched alkanes of at least 4 members (excludes halogenated alkanes) is 1. The summed E-state index contributed by atoms with van der Waals surface area (Å²) >= 11 is 0. The number of hydrogen-bond acceptors (Lipinski definition) is 2. The summed E-state index contributed by atoms with van der Waals surface area (Å²) in [4.78, 5) is 19.7. The minimum atomic E-state index is -0.119. The standard InChI is InChI=1S/C16H21N3O/c1-4-5-8-14(19-16(20)11(2)3)15-17-12-9-6-7-10-13(12)18-15/h6-7,9-10,14H,2,4-5,8H2,1,3H3,(H,17,18)(H,19,20). The van der Waals surface area contributed by atoms with Crippen LogP contribution in [0.15, 0.2) is 36.4 Å². The molecule has 2 rings (SSSR count). The normalized spacial score (nSPS) is 12.3. The Hall–Kier alpha value is -2.10. The first-order valence-electron chi connectivity index (χ1n) is 7.02. The van der Waals surface area contributed by atoms with Crippen LogP contribution in [-0.4, -0.2) is 15.9 Å². The van der Waals surface area contributed by atoms with E-state index in [-0.39, 0.29) is 11.9 Å². The maximum atomic E-state index is 11.9. The Balaban J connectivity index is 2.24. The maximum absolute atomic E-state index is 11.9. The Morgan fingerprint density at radius 1 is 1.45 bits per heavy atom. The summed E-state index contributed by atoms with van der Waals surface area (Å²) in [5.74, 6) is 0.695. The summed E-state index contributed by atoms with van der Waals surface area (Å²) in [6, 6.07) is 7.79. The molecular formula is C16H21N3O. The highest BCUT2D eigenvalue weighted by atomic mass is 16.1. The molecule has 2 N–H and O–H groups in total. The molecule has 1 heterocycles. The molecule has 1 unspecified atom stereocenters. The van der Waals surface area contributed by atoms with Gasteiger partial charge in [0.1, 0.15) is 5.82 Å². The van der Waals surface area contributed by atoms with Crippen molar-refractivity contribution in [1.82, 2.24) is 15.3 Å². The van der Waals surface area contributed by atoms with Crippen LogP contribution >= 0.6 is 0 Å². The third-order valence-electron chi connectivity index (χ3n) is 3.28. The average molecular weight is 271 g/mol.